The van der Waals surface area contributed by atoms with Crippen LogP contribution in [-0.2, 0) is 32.6 Å². The third-order valence-corrected chi connectivity index (χ3v) is 8.20. The van der Waals surface area contributed by atoms with Crippen molar-refractivity contribution in [3.8, 4) is 0 Å². The molecule has 0 saturated carbocycles. The second-order valence-electron chi connectivity index (χ2n) is 10.6. The summed E-state index contributed by atoms with van der Waals surface area (Å²) < 4.78 is 26.5. The predicted molar refractivity (Wildman–Crippen MR) is 166 cm³/mol. The SMILES string of the molecule is CCCCNC(=O)[C@@H](Cc1ccccc1)N(Cc1cccc(C)c1)C(=O)CCCN(c1ccc(C)cc1)S(C)(=O)=O. The van der Waals surface area contributed by atoms with E-state index in [0.717, 1.165) is 35.1 Å². The molecule has 2 amide bonds. The van der Waals surface area contributed by atoms with Gasteiger partial charge in [0.25, 0.3) is 0 Å². The molecule has 3 aromatic carbocycles. The zero-order valence-electron chi connectivity index (χ0n) is 24.7. The van der Waals surface area contributed by atoms with Crippen LogP contribution in [-0.4, -0.2) is 50.5 Å². The van der Waals surface area contributed by atoms with Crippen molar-refractivity contribution in [1.29, 1.82) is 0 Å². The Kier molecular flexibility index (Phi) is 12.0. The van der Waals surface area contributed by atoms with Crippen molar-refractivity contribution in [3.63, 3.8) is 0 Å². The fourth-order valence-electron chi connectivity index (χ4n) is 4.78. The summed E-state index contributed by atoms with van der Waals surface area (Å²) in [6, 6.07) is 24.2. The molecular formula is C33H43N3O4S. The highest BCUT2D eigenvalue weighted by Gasteiger charge is 2.30. The molecule has 0 aliphatic carbocycles. The standard InChI is InChI=1S/C33H43N3O4S/c1-5-6-21-34-33(38)31(24-28-13-8-7-9-14-28)35(25-29-15-10-12-27(3)23-29)32(37)16-11-22-36(41(4,39)40)30-19-17-26(2)18-20-30/h7-10,12-15,17-20,23,31H,5-6,11,16,21-22,24-25H2,1-4H3,(H,34,38)/t31-/m1/s1. The lowest BCUT2D eigenvalue weighted by Crippen LogP contribution is -2.50. The lowest BCUT2D eigenvalue weighted by Gasteiger charge is -2.32. The highest BCUT2D eigenvalue weighted by atomic mass is 32.2. The number of rotatable bonds is 15. The van der Waals surface area contributed by atoms with E-state index in [9.17, 15) is 18.0 Å². The minimum Gasteiger partial charge on any atom is -0.354 e. The van der Waals surface area contributed by atoms with Gasteiger partial charge in [0.2, 0.25) is 21.8 Å². The van der Waals surface area contributed by atoms with Crippen LogP contribution in [0.4, 0.5) is 5.69 Å². The molecule has 220 valence electrons. The number of nitrogens with zero attached hydrogens (tertiary/aromatic N) is 2. The number of anilines is 1. The van der Waals surface area contributed by atoms with Gasteiger partial charge in [-0.1, -0.05) is 91.2 Å². The highest BCUT2D eigenvalue weighted by molar-refractivity contribution is 7.92. The van der Waals surface area contributed by atoms with Crippen LogP contribution in [0.1, 0.15) is 54.9 Å². The molecule has 0 bridgehead atoms. The van der Waals surface area contributed by atoms with Gasteiger partial charge in [0.1, 0.15) is 6.04 Å². The van der Waals surface area contributed by atoms with Crippen LogP contribution in [0, 0.1) is 13.8 Å². The number of hydrogen-bond acceptors (Lipinski definition) is 4. The zero-order valence-corrected chi connectivity index (χ0v) is 25.5. The zero-order chi connectivity index (χ0) is 29.8. The monoisotopic (exact) mass is 577 g/mol. The molecule has 1 atom stereocenters. The van der Waals surface area contributed by atoms with Gasteiger partial charge in [-0.05, 0) is 49.9 Å². The molecule has 0 aliphatic rings. The predicted octanol–water partition coefficient (Wildman–Crippen LogP) is 5.41. The molecule has 0 aliphatic heterocycles. The molecule has 41 heavy (non-hydrogen) atoms. The number of hydrogen-bond donors (Lipinski definition) is 1. The Morgan fingerprint density at radius 2 is 1.54 bits per heavy atom. The number of aryl methyl sites for hydroxylation is 2. The van der Waals surface area contributed by atoms with Crippen molar-refractivity contribution in [2.75, 3.05) is 23.7 Å². The van der Waals surface area contributed by atoms with E-state index in [1.54, 1.807) is 17.0 Å². The Morgan fingerprint density at radius 3 is 2.17 bits per heavy atom. The van der Waals surface area contributed by atoms with Crippen LogP contribution in [0.5, 0.6) is 0 Å². The first kappa shape index (κ1) is 31.9. The van der Waals surface area contributed by atoms with Gasteiger partial charge in [0.15, 0.2) is 0 Å². The van der Waals surface area contributed by atoms with E-state index >= 15 is 0 Å². The Balaban J connectivity index is 1.86. The summed E-state index contributed by atoms with van der Waals surface area (Å²) in [7, 11) is -3.54. The van der Waals surface area contributed by atoms with Gasteiger partial charge in [0.05, 0.1) is 11.9 Å². The molecule has 0 spiro atoms. The fourth-order valence-corrected chi connectivity index (χ4v) is 5.75. The van der Waals surface area contributed by atoms with Crippen molar-refractivity contribution >= 4 is 27.5 Å². The van der Waals surface area contributed by atoms with E-state index in [1.165, 1.54) is 10.6 Å². The molecule has 0 radical (unpaired) electrons. The molecule has 0 saturated heterocycles. The molecule has 8 heteroatoms. The van der Waals surface area contributed by atoms with Gasteiger partial charge in [-0.25, -0.2) is 8.42 Å². The first-order chi connectivity index (χ1) is 19.6. The van der Waals surface area contributed by atoms with Crippen LogP contribution in [0.25, 0.3) is 0 Å². The Hall–Kier alpha value is -3.65. The lowest BCUT2D eigenvalue weighted by molar-refractivity contribution is -0.141. The Labute approximate surface area is 245 Å². The van der Waals surface area contributed by atoms with E-state index in [-0.39, 0.29) is 31.3 Å². The average molecular weight is 578 g/mol. The summed E-state index contributed by atoms with van der Waals surface area (Å²) >= 11 is 0. The van der Waals surface area contributed by atoms with E-state index in [1.807, 2.05) is 80.6 Å². The van der Waals surface area contributed by atoms with Gasteiger partial charge < -0.3 is 10.2 Å². The van der Waals surface area contributed by atoms with Crippen LogP contribution in [0.3, 0.4) is 0 Å². The van der Waals surface area contributed by atoms with Gasteiger partial charge >= 0.3 is 0 Å². The number of nitrogens with one attached hydrogen (secondary N) is 1. The summed E-state index contributed by atoms with van der Waals surface area (Å²) in [5.41, 5.74) is 4.58. The van der Waals surface area contributed by atoms with Crippen molar-refractivity contribution in [1.82, 2.24) is 10.2 Å². The Bertz CT molecular complexity index is 1380. The molecular weight excluding hydrogens is 534 g/mol. The van der Waals surface area contributed by atoms with Crippen molar-refractivity contribution in [2.24, 2.45) is 0 Å². The summed E-state index contributed by atoms with van der Waals surface area (Å²) in [6.07, 6.45) is 3.80. The number of carbonyl (C=O) groups excluding carboxylic acids is 2. The number of amides is 2. The summed E-state index contributed by atoms with van der Waals surface area (Å²) in [4.78, 5) is 29.1. The highest BCUT2D eigenvalue weighted by Crippen LogP contribution is 2.21. The first-order valence-electron chi connectivity index (χ1n) is 14.3. The minimum absolute atomic E-state index is 0.108. The second kappa shape index (κ2) is 15.4. The maximum atomic E-state index is 13.9. The summed E-state index contributed by atoms with van der Waals surface area (Å²) in [6.45, 7) is 7.01. The molecule has 0 unspecified atom stereocenters. The summed E-state index contributed by atoms with van der Waals surface area (Å²) in [5.74, 6) is -0.365. The molecule has 0 heterocycles. The third-order valence-electron chi connectivity index (χ3n) is 7.01. The Morgan fingerprint density at radius 1 is 0.854 bits per heavy atom. The van der Waals surface area contributed by atoms with E-state index in [4.69, 9.17) is 0 Å². The molecule has 0 aromatic heterocycles. The molecule has 1 N–H and O–H groups in total. The summed E-state index contributed by atoms with van der Waals surface area (Å²) in [5, 5.41) is 3.04. The van der Waals surface area contributed by atoms with Crippen LogP contribution in [0.2, 0.25) is 0 Å². The maximum absolute atomic E-state index is 13.9. The number of sulfonamides is 1. The number of carbonyl (C=O) groups is 2. The van der Waals surface area contributed by atoms with Crippen LogP contribution in [0.15, 0.2) is 78.9 Å². The normalized spacial score (nSPS) is 12.0. The molecule has 7 nitrogen and oxygen atoms in total. The number of unbranched alkanes of at least 4 members (excludes halogenated alkanes) is 1. The smallest absolute Gasteiger partial charge is 0.243 e. The molecule has 0 fully saturated rings. The number of benzene rings is 3. The molecule has 3 rings (SSSR count). The van der Waals surface area contributed by atoms with Gasteiger partial charge in [-0.2, -0.15) is 0 Å². The van der Waals surface area contributed by atoms with Gasteiger partial charge in [-0.15, -0.1) is 0 Å². The largest absolute Gasteiger partial charge is 0.354 e. The van der Waals surface area contributed by atoms with E-state index in [2.05, 4.69) is 12.2 Å². The van der Waals surface area contributed by atoms with Crippen LogP contribution >= 0.6 is 0 Å². The first-order valence-corrected chi connectivity index (χ1v) is 16.1. The fraction of sp³-hybridized carbons (Fsp3) is 0.394. The van der Waals surface area contributed by atoms with E-state index in [0.29, 0.717) is 25.1 Å². The lowest BCUT2D eigenvalue weighted by atomic mass is 10.0. The van der Waals surface area contributed by atoms with Crippen molar-refractivity contribution in [2.45, 2.75) is 65.5 Å². The third kappa shape index (κ3) is 10.0. The van der Waals surface area contributed by atoms with E-state index < -0.39 is 16.1 Å². The topological polar surface area (TPSA) is 86.8 Å². The minimum atomic E-state index is -3.54. The van der Waals surface area contributed by atoms with Crippen molar-refractivity contribution < 1.29 is 18.0 Å². The average Bonchev–Trinajstić information content (AvgIpc) is 2.93. The van der Waals surface area contributed by atoms with Crippen LogP contribution < -0.4 is 9.62 Å². The second-order valence-corrected chi connectivity index (χ2v) is 12.5. The maximum Gasteiger partial charge on any atom is 0.243 e. The molecule has 3 aromatic rings. The van der Waals surface area contributed by atoms with Gasteiger partial charge in [-0.3, -0.25) is 13.9 Å². The quantitative estimate of drug-likeness (QED) is 0.245. The van der Waals surface area contributed by atoms with Gasteiger partial charge in [0, 0.05) is 32.5 Å². The van der Waals surface area contributed by atoms with Crippen molar-refractivity contribution in [3.05, 3.63) is 101 Å².